The molecule has 1 heterocycles. The summed E-state index contributed by atoms with van der Waals surface area (Å²) in [7, 11) is 0. The molecule has 1 aliphatic rings. The number of amides is 2. The van der Waals surface area contributed by atoms with Crippen molar-refractivity contribution >= 4 is 23.2 Å². The predicted octanol–water partition coefficient (Wildman–Crippen LogP) is 5.09. The molecule has 0 spiro atoms. The van der Waals surface area contributed by atoms with Crippen LogP contribution in [0.2, 0.25) is 0 Å². The van der Waals surface area contributed by atoms with Gasteiger partial charge >= 0.3 is 0 Å². The zero-order chi connectivity index (χ0) is 20.6. The molecule has 1 aromatic heterocycles. The van der Waals surface area contributed by atoms with Gasteiger partial charge in [0.25, 0.3) is 0 Å². The Bertz CT molecular complexity index is 769. The van der Waals surface area contributed by atoms with Gasteiger partial charge in [0.2, 0.25) is 11.8 Å². The second-order valence-electron chi connectivity index (χ2n) is 8.02. The number of carbonyl (C=O) groups excluding carboxylic acids is 2. The number of thiophene rings is 1. The lowest BCUT2D eigenvalue weighted by molar-refractivity contribution is -0.145. The molecule has 0 bridgehead atoms. The lowest BCUT2D eigenvalue weighted by atomic mass is 10.0. The van der Waals surface area contributed by atoms with Crippen molar-refractivity contribution in [3.8, 4) is 0 Å². The monoisotopic (exact) mass is 412 g/mol. The Labute approximate surface area is 178 Å². The van der Waals surface area contributed by atoms with Gasteiger partial charge in [0.15, 0.2) is 0 Å². The van der Waals surface area contributed by atoms with Crippen LogP contribution >= 0.6 is 11.3 Å². The fourth-order valence-electron chi connectivity index (χ4n) is 3.95. The highest BCUT2D eigenvalue weighted by atomic mass is 32.1. The van der Waals surface area contributed by atoms with E-state index >= 15 is 0 Å². The molecule has 1 atom stereocenters. The van der Waals surface area contributed by atoms with Crippen LogP contribution in [0.5, 0.6) is 0 Å². The number of hydrogen-bond acceptors (Lipinski definition) is 3. The van der Waals surface area contributed by atoms with E-state index in [-0.39, 0.29) is 30.3 Å². The number of nitrogens with zero attached hydrogens (tertiary/aromatic N) is 2. The first kappa shape index (κ1) is 21.6. The maximum Gasteiger partial charge on any atom is 0.242 e. The number of hydrogen-bond donors (Lipinski definition) is 0. The van der Waals surface area contributed by atoms with Gasteiger partial charge in [-0.25, -0.2) is 0 Å². The summed E-state index contributed by atoms with van der Waals surface area (Å²) < 4.78 is 0. The van der Waals surface area contributed by atoms with Crippen molar-refractivity contribution in [2.75, 3.05) is 6.54 Å². The van der Waals surface area contributed by atoms with Crippen molar-refractivity contribution in [1.82, 2.24) is 9.80 Å². The van der Waals surface area contributed by atoms with Gasteiger partial charge in [-0.1, -0.05) is 56.2 Å². The first-order valence-electron chi connectivity index (χ1n) is 10.7. The Morgan fingerprint density at radius 2 is 1.79 bits per heavy atom. The van der Waals surface area contributed by atoms with E-state index in [9.17, 15) is 9.59 Å². The molecule has 0 saturated heterocycles. The normalized spacial score (nSPS) is 15.2. The molecule has 0 aliphatic heterocycles. The molecule has 5 heteroatoms. The molecule has 1 aliphatic carbocycles. The molecule has 1 fully saturated rings. The molecule has 1 unspecified atom stereocenters. The smallest absolute Gasteiger partial charge is 0.242 e. The summed E-state index contributed by atoms with van der Waals surface area (Å²) in [6, 6.07) is 14.2. The Morgan fingerprint density at radius 1 is 1.07 bits per heavy atom. The average molecular weight is 413 g/mol. The van der Waals surface area contributed by atoms with Crippen LogP contribution in [0.3, 0.4) is 0 Å². The minimum Gasteiger partial charge on any atom is -0.332 e. The molecule has 29 heavy (non-hydrogen) atoms. The molecule has 0 radical (unpaired) electrons. The molecular formula is C24H32N2O2S. The van der Waals surface area contributed by atoms with Crippen LogP contribution in [0, 0.1) is 5.92 Å². The molecule has 1 aromatic carbocycles. The SMILES string of the molecule is CCC(C)N(CC(=O)N(Cc1ccccc1)Cc1cccs1)C(=O)C1CCCC1. The van der Waals surface area contributed by atoms with E-state index in [1.54, 1.807) is 11.3 Å². The summed E-state index contributed by atoms with van der Waals surface area (Å²) in [4.78, 5) is 31.4. The number of benzene rings is 1. The fourth-order valence-corrected chi connectivity index (χ4v) is 4.67. The predicted molar refractivity (Wildman–Crippen MR) is 118 cm³/mol. The molecule has 4 nitrogen and oxygen atoms in total. The highest BCUT2D eigenvalue weighted by molar-refractivity contribution is 7.09. The third-order valence-corrected chi connectivity index (χ3v) is 6.77. The van der Waals surface area contributed by atoms with Crippen LogP contribution in [0.15, 0.2) is 47.8 Å². The van der Waals surface area contributed by atoms with Crippen LogP contribution in [0.4, 0.5) is 0 Å². The van der Waals surface area contributed by atoms with Gasteiger partial charge in [0.1, 0.15) is 6.54 Å². The van der Waals surface area contributed by atoms with Crippen molar-refractivity contribution in [2.45, 2.75) is 65.1 Å². The molecular weight excluding hydrogens is 380 g/mol. The molecule has 2 aromatic rings. The topological polar surface area (TPSA) is 40.6 Å². The van der Waals surface area contributed by atoms with E-state index in [4.69, 9.17) is 0 Å². The molecule has 0 N–H and O–H groups in total. The van der Waals surface area contributed by atoms with Gasteiger partial charge in [0.05, 0.1) is 6.54 Å². The van der Waals surface area contributed by atoms with Gasteiger partial charge in [-0.05, 0) is 43.2 Å². The van der Waals surface area contributed by atoms with Crippen molar-refractivity contribution in [1.29, 1.82) is 0 Å². The van der Waals surface area contributed by atoms with Crippen LogP contribution in [0.1, 0.15) is 56.4 Å². The Balaban J connectivity index is 1.75. The average Bonchev–Trinajstić information content (AvgIpc) is 3.45. The standard InChI is InChI=1S/C24H32N2O2S/c1-3-19(2)26(24(28)21-12-7-8-13-21)18-23(27)25(17-22-14-9-15-29-22)16-20-10-5-4-6-11-20/h4-6,9-11,14-15,19,21H,3,7-8,12-13,16-18H2,1-2H3. The largest absolute Gasteiger partial charge is 0.332 e. The Hall–Kier alpha value is -2.14. The van der Waals surface area contributed by atoms with Gasteiger partial charge in [-0.15, -0.1) is 11.3 Å². The minimum atomic E-state index is 0.0221. The molecule has 156 valence electrons. The first-order chi connectivity index (χ1) is 14.1. The Morgan fingerprint density at radius 3 is 2.41 bits per heavy atom. The van der Waals surface area contributed by atoms with Gasteiger partial charge in [0, 0.05) is 23.4 Å². The second kappa shape index (κ2) is 10.6. The molecule has 1 saturated carbocycles. The quantitative estimate of drug-likeness (QED) is 0.575. The highest BCUT2D eigenvalue weighted by Gasteiger charge is 2.31. The van der Waals surface area contributed by atoms with Crippen molar-refractivity contribution in [3.05, 3.63) is 58.3 Å². The van der Waals surface area contributed by atoms with Crippen LogP contribution < -0.4 is 0 Å². The van der Waals surface area contributed by atoms with Crippen molar-refractivity contribution in [2.24, 2.45) is 5.92 Å². The van der Waals surface area contributed by atoms with Crippen LogP contribution in [0.25, 0.3) is 0 Å². The minimum absolute atomic E-state index is 0.0221. The summed E-state index contributed by atoms with van der Waals surface area (Å²) in [5, 5.41) is 2.04. The third kappa shape index (κ3) is 5.92. The van der Waals surface area contributed by atoms with Crippen molar-refractivity contribution < 1.29 is 9.59 Å². The van der Waals surface area contributed by atoms with E-state index in [1.165, 1.54) is 0 Å². The number of carbonyl (C=O) groups is 2. The summed E-state index contributed by atoms with van der Waals surface area (Å²) in [6.07, 6.45) is 5.02. The van der Waals surface area contributed by atoms with E-state index in [0.29, 0.717) is 13.1 Å². The molecule has 3 rings (SSSR count). The highest BCUT2D eigenvalue weighted by Crippen LogP contribution is 2.27. The maximum absolute atomic E-state index is 13.4. The van der Waals surface area contributed by atoms with Gasteiger partial charge < -0.3 is 9.80 Å². The van der Waals surface area contributed by atoms with E-state index in [1.807, 2.05) is 51.6 Å². The van der Waals surface area contributed by atoms with Gasteiger partial charge in [-0.2, -0.15) is 0 Å². The summed E-state index contributed by atoms with van der Waals surface area (Å²) in [6.45, 7) is 5.45. The number of rotatable bonds is 9. The van der Waals surface area contributed by atoms with Crippen LogP contribution in [-0.4, -0.2) is 34.2 Å². The second-order valence-corrected chi connectivity index (χ2v) is 9.05. The van der Waals surface area contributed by atoms with Crippen molar-refractivity contribution in [3.63, 3.8) is 0 Å². The maximum atomic E-state index is 13.4. The Kier molecular flexibility index (Phi) is 7.87. The lowest BCUT2D eigenvalue weighted by Crippen LogP contribution is -2.48. The lowest BCUT2D eigenvalue weighted by Gasteiger charge is -2.33. The van der Waals surface area contributed by atoms with E-state index in [0.717, 1.165) is 42.5 Å². The fraction of sp³-hybridized carbons (Fsp3) is 0.500. The first-order valence-corrected chi connectivity index (χ1v) is 11.6. The summed E-state index contributed by atoms with van der Waals surface area (Å²) >= 11 is 1.66. The summed E-state index contributed by atoms with van der Waals surface area (Å²) in [5.41, 5.74) is 1.11. The van der Waals surface area contributed by atoms with Gasteiger partial charge in [-0.3, -0.25) is 9.59 Å². The van der Waals surface area contributed by atoms with E-state index < -0.39 is 0 Å². The zero-order valence-corrected chi connectivity index (χ0v) is 18.4. The summed E-state index contributed by atoms with van der Waals surface area (Å²) in [5.74, 6) is 0.284. The third-order valence-electron chi connectivity index (χ3n) is 5.91. The van der Waals surface area contributed by atoms with E-state index in [2.05, 4.69) is 19.9 Å². The zero-order valence-electron chi connectivity index (χ0n) is 17.5. The molecule has 2 amide bonds. The van der Waals surface area contributed by atoms with Crippen LogP contribution in [-0.2, 0) is 22.7 Å².